The maximum absolute atomic E-state index is 12.3. The van der Waals surface area contributed by atoms with Crippen LogP contribution in [0.15, 0.2) is 0 Å². The third kappa shape index (κ3) is 4.45. The van der Waals surface area contributed by atoms with Gasteiger partial charge < -0.3 is 10.2 Å². The van der Waals surface area contributed by atoms with Crippen molar-refractivity contribution in [2.75, 3.05) is 39.3 Å². The van der Waals surface area contributed by atoms with Crippen LogP contribution in [0, 0.1) is 11.3 Å². The van der Waals surface area contributed by atoms with E-state index >= 15 is 0 Å². The van der Waals surface area contributed by atoms with Crippen molar-refractivity contribution in [3.8, 4) is 0 Å². The van der Waals surface area contributed by atoms with Gasteiger partial charge in [-0.1, -0.05) is 27.7 Å². The molecule has 1 unspecified atom stereocenters. The Morgan fingerprint density at radius 2 is 1.80 bits per heavy atom. The Bertz CT molecular complexity index is 325. The largest absolute Gasteiger partial charge is 0.340 e. The van der Waals surface area contributed by atoms with Gasteiger partial charge in [0.25, 0.3) is 0 Å². The Hall–Kier alpha value is -0.610. The predicted octanol–water partition coefficient (Wildman–Crippen LogP) is 1.56. The van der Waals surface area contributed by atoms with E-state index in [4.69, 9.17) is 0 Å². The van der Waals surface area contributed by atoms with Gasteiger partial charge in [0, 0.05) is 51.7 Å². The Labute approximate surface area is 123 Å². The average Bonchev–Trinajstić information content (AvgIpc) is 2.24. The first-order valence-corrected chi connectivity index (χ1v) is 8.08. The van der Waals surface area contributed by atoms with Crippen molar-refractivity contribution in [2.45, 2.75) is 46.6 Å². The molecule has 2 fully saturated rings. The molecular formula is C16H31N3O. The molecular weight excluding hydrogens is 250 g/mol. The second-order valence-corrected chi connectivity index (χ2v) is 7.80. The Kier molecular flexibility index (Phi) is 5.08. The second kappa shape index (κ2) is 6.44. The molecule has 0 bridgehead atoms. The van der Waals surface area contributed by atoms with Crippen LogP contribution in [0.3, 0.4) is 0 Å². The number of carbonyl (C=O) groups is 1. The van der Waals surface area contributed by atoms with Crippen LogP contribution in [-0.4, -0.2) is 61.0 Å². The van der Waals surface area contributed by atoms with Crippen molar-refractivity contribution in [2.24, 2.45) is 11.3 Å². The van der Waals surface area contributed by atoms with E-state index in [1.807, 2.05) is 0 Å². The van der Waals surface area contributed by atoms with Crippen LogP contribution < -0.4 is 5.32 Å². The zero-order chi connectivity index (χ0) is 14.8. The molecule has 0 aromatic carbocycles. The van der Waals surface area contributed by atoms with Crippen molar-refractivity contribution in [1.29, 1.82) is 0 Å². The van der Waals surface area contributed by atoms with Gasteiger partial charge in [0.05, 0.1) is 0 Å². The van der Waals surface area contributed by atoms with Gasteiger partial charge in [0.1, 0.15) is 0 Å². The molecule has 4 heteroatoms. The second-order valence-electron chi connectivity index (χ2n) is 7.80. The monoisotopic (exact) mass is 281 g/mol. The fourth-order valence-electron chi connectivity index (χ4n) is 3.41. The van der Waals surface area contributed by atoms with E-state index in [1.165, 1.54) is 0 Å². The molecule has 0 aliphatic carbocycles. The molecule has 20 heavy (non-hydrogen) atoms. The quantitative estimate of drug-likeness (QED) is 0.849. The summed E-state index contributed by atoms with van der Waals surface area (Å²) in [6.45, 7) is 15.1. The Morgan fingerprint density at radius 1 is 1.20 bits per heavy atom. The van der Waals surface area contributed by atoms with Gasteiger partial charge in [-0.2, -0.15) is 0 Å². The maximum Gasteiger partial charge on any atom is 0.222 e. The molecule has 2 aliphatic rings. The standard InChI is InChI=1S/C16H31N3O/c1-13(10-16(2,3)4)9-15(20)19-7-5-18(6-8-19)14-11-17-12-14/h13-14,17H,5-12H2,1-4H3. The number of hydrogen-bond donors (Lipinski definition) is 1. The number of piperazine rings is 1. The van der Waals surface area contributed by atoms with Crippen LogP contribution in [0.25, 0.3) is 0 Å². The lowest BCUT2D eigenvalue weighted by atomic mass is 9.84. The summed E-state index contributed by atoms with van der Waals surface area (Å²) in [5, 5.41) is 3.32. The molecule has 116 valence electrons. The third-order valence-electron chi connectivity index (χ3n) is 4.43. The average molecular weight is 281 g/mol. The molecule has 4 nitrogen and oxygen atoms in total. The number of nitrogens with one attached hydrogen (secondary N) is 1. The van der Waals surface area contributed by atoms with Crippen LogP contribution in [0.2, 0.25) is 0 Å². The minimum Gasteiger partial charge on any atom is -0.340 e. The summed E-state index contributed by atoms with van der Waals surface area (Å²) in [5.74, 6) is 0.837. The van der Waals surface area contributed by atoms with E-state index < -0.39 is 0 Å². The highest BCUT2D eigenvalue weighted by atomic mass is 16.2. The van der Waals surface area contributed by atoms with Gasteiger partial charge >= 0.3 is 0 Å². The minimum absolute atomic E-state index is 0.315. The summed E-state index contributed by atoms with van der Waals surface area (Å²) >= 11 is 0. The van der Waals surface area contributed by atoms with E-state index in [1.54, 1.807) is 0 Å². The summed E-state index contributed by atoms with van der Waals surface area (Å²) in [4.78, 5) is 16.9. The summed E-state index contributed by atoms with van der Waals surface area (Å²) in [5.41, 5.74) is 0.315. The molecule has 1 amide bonds. The van der Waals surface area contributed by atoms with Crippen molar-refractivity contribution in [1.82, 2.24) is 15.1 Å². The van der Waals surface area contributed by atoms with E-state index in [0.717, 1.165) is 45.7 Å². The third-order valence-corrected chi connectivity index (χ3v) is 4.43. The highest BCUT2D eigenvalue weighted by Crippen LogP contribution is 2.26. The van der Waals surface area contributed by atoms with E-state index in [0.29, 0.717) is 29.7 Å². The Morgan fingerprint density at radius 3 is 2.25 bits per heavy atom. The van der Waals surface area contributed by atoms with Crippen LogP contribution >= 0.6 is 0 Å². The molecule has 0 aromatic rings. The predicted molar refractivity (Wildman–Crippen MR) is 82.7 cm³/mol. The highest BCUT2D eigenvalue weighted by Gasteiger charge is 2.29. The lowest BCUT2D eigenvalue weighted by Gasteiger charge is -2.43. The first-order valence-electron chi connectivity index (χ1n) is 8.08. The van der Waals surface area contributed by atoms with Crippen LogP contribution in [0.1, 0.15) is 40.5 Å². The van der Waals surface area contributed by atoms with Crippen molar-refractivity contribution in [3.63, 3.8) is 0 Å². The van der Waals surface area contributed by atoms with Gasteiger partial charge in [0.2, 0.25) is 5.91 Å². The van der Waals surface area contributed by atoms with Crippen molar-refractivity contribution >= 4 is 5.91 Å². The molecule has 1 N–H and O–H groups in total. The topological polar surface area (TPSA) is 35.6 Å². The maximum atomic E-state index is 12.3. The van der Waals surface area contributed by atoms with Crippen LogP contribution in [0.5, 0.6) is 0 Å². The molecule has 0 aromatic heterocycles. The molecule has 2 heterocycles. The molecule has 0 radical (unpaired) electrons. The molecule has 2 rings (SSSR count). The number of nitrogens with zero attached hydrogens (tertiary/aromatic N) is 2. The SMILES string of the molecule is CC(CC(=O)N1CCN(C2CNC2)CC1)CC(C)(C)C. The molecule has 0 spiro atoms. The summed E-state index contributed by atoms with van der Waals surface area (Å²) < 4.78 is 0. The number of carbonyl (C=O) groups excluding carboxylic acids is 1. The van der Waals surface area contributed by atoms with Gasteiger partial charge in [-0.25, -0.2) is 0 Å². The van der Waals surface area contributed by atoms with Crippen LogP contribution in [0.4, 0.5) is 0 Å². The van der Waals surface area contributed by atoms with Gasteiger partial charge in [-0.05, 0) is 17.8 Å². The van der Waals surface area contributed by atoms with Gasteiger partial charge in [-0.3, -0.25) is 9.69 Å². The summed E-state index contributed by atoms with van der Waals surface area (Å²) in [6, 6.07) is 0.715. The lowest BCUT2D eigenvalue weighted by Crippen LogP contribution is -2.62. The number of hydrogen-bond acceptors (Lipinski definition) is 3. The zero-order valence-electron chi connectivity index (χ0n) is 13.6. The minimum atomic E-state index is 0.315. The Balaban J connectivity index is 1.71. The van der Waals surface area contributed by atoms with E-state index in [9.17, 15) is 4.79 Å². The smallest absolute Gasteiger partial charge is 0.222 e. The fourth-order valence-corrected chi connectivity index (χ4v) is 3.41. The fraction of sp³-hybridized carbons (Fsp3) is 0.938. The van der Waals surface area contributed by atoms with Gasteiger partial charge in [0.15, 0.2) is 0 Å². The molecule has 2 aliphatic heterocycles. The summed E-state index contributed by atoms with van der Waals surface area (Å²) in [6.07, 6.45) is 1.83. The molecule has 0 saturated carbocycles. The lowest BCUT2D eigenvalue weighted by molar-refractivity contribution is -0.134. The van der Waals surface area contributed by atoms with Crippen LogP contribution in [-0.2, 0) is 4.79 Å². The number of amides is 1. The van der Waals surface area contributed by atoms with Crippen molar-refractivity contribution < 1.29 is 4.79 Å². The van der Waals surface area contributed by atoms with Gasteiger partial charge in [-0.15, -0.1) is 0 Å². The number of rotatable bonds is 4. The normalized spacial score (nSPS) is 23.5. The first kappa shape index (κ1) is 15.8. The van der Waals surface area contributed by atoms with E-state index in [-0.39, 0.29) is 0 Å². The molecule has 1 atom stereocenters. The van der Waals surface area contributed by atoms with E-state index in [2.05, 4.69) is 42.8 Å². The molecule has 2 saturated heterocycles. The first-order chi connectivity index (χ1) is 9.35. The highest BCUT2D eigenvalue weighted by molar-refractivity contribution is 5.76. The zero-order valence-corrected chi connectivity index (χ0v) is 13.6. The summed E-state index contributed by atoms with van der Waals surface area (Å²) in [7, 11) is 0. The van der Waals surface area contributed by atoms with Crippen molar-refractivity contribution in [3.05, 3.63) is 0 Å².